The standard InChI is InChI=1S/C18H26F3N3O3/c1-12(2)15-16(27-17(25)22-6-4-5-18(19,20)21)13(3)11-14(23-15)24-7-9-26-10-8-24/h11-12H,4-10H2,1-3H3,(H,22,25). The Morgan fingerprint density at radius 2 is 2.04 bits per heavy atom. The Morgan fingerprint density at radius 1 is 1.37 bits per heavy atom. The number of pyridine rings is 1. The minimum absolute atomic E-state index is 0.0118. The molecule has 2 rings (SSSR count). The van der Waals surface area contributed by atoms with Crippen LogP contribution in [0.3, 0.4) is 0 Å². The Morgan fingerprint density at radius 3 is 2.63 bits per heavy atom. The van der Waals surface area contributed by atoms with Gasteiger partial charge < -0.3 is 19.7 Å². The molecular formula is C18H26F3N3O3. The number of carbonyl (C=O) groups excluding carboxylic acids is 1. The van der Waals surface area contributed by atoms with Crippen LogP contribution in [0.2, 0.25) is 0 Å². The molecule has 1 fully saturated rings. The van der Waals surface area contributed by atoms with Gasteiger partial charge in [-0.3, -0.25) is 0 Å². The second kappa shape index (κ2) is 9.25. The second-order valence-corrected chi connectivity index (χ2v) is 6.80. The Labute approximate surface area is 157 Å². The first-order valence-corrected chi connectivity index (χ1v) is 9.04. The van der Waals surface area contributed by atoms with E-state index in [1.165, 1.54) is 0 Å². The van der Waals surface area contributed by atoms with Gasteiger partial charge in [0, 0.05) is 26.1 Å². The number of amides is 1. The fraction of sp³-hybridized carbons (Fsp3) is 0.667. The van der Waals surface area contributed by atoms with E-state index in [2.05, 4.69) is 15.2 Å². The highest BCUT2D eigenvalue weighted by molar-refractivity contribution is 5.71. The van der Waals surface area contributed by atoms with Crippen LogP contribution in [0.4, 0.5) is 23.8 Å². The van der Waals surface area contributed by atoms with E-state index in [1.807, 2.05) is 26.8 Å². The van der Waals surface area contributed by atoms with Crippen LogP contribution in [0.5, 0.6) is 5.75 Å². The zero-order valence-electron chi connectivity index (χ0n) is 15.9. The van der Waals surface area contributed by atoms with Crippen LogP contribution in [0.25, 0.3) is 0 Å². The molecule has 0 unspecified atom stereocenters. The second-order valence-electron chi connectivity index (χ2n) is 6.80. The number of anilines is 1. The van der Waals surface area contributed by atoms with Crippen LogP contribution >= 0.6 is 0 Å². The van der Waals surface area contributed by atoms with Crippen molar-refractivity contribution in [3.8, 4) is 5.75 Å². The number of carbonyl (C=O) groups is 1. The Kier molecular flexibility index (Phi) is 7.29. The van der Waals surface area contributed by atoms with E-state index in [-0.39, 0.29) is 18.9 Å². The van der Waals surface area contributed by atoms with Gasteiger partial charge in [-0.1, -0.05) is 13.8 Å². The van der Waals surface area contributed by atoms with E-state index in [0.29, 0.717) is 24.7 Å². The topological polar surface area (TPSA) is 63.7 Å². The first-order valence-electron chi connectivity index (χ1n) is 9.04. The molecule has 1 amide bonds. The molecule has 1 aromatic rings. The maximum absolute atomic E-state index is 12.1. The first-order chi connectivity index (χ1) is 12.7. The number of morpholine rings is 1. The van der Waals surface area contributed by atoms with E-state index in [0.717, 1.165) is 24.5 Å². The van der Waals surface area contributed by atoms with E-state index in [4.69, 9.17) is 9.47 Å². The SMILES string of the molecule is Cc1cc(N2CCOCC2)nc(C(C)C)c1OC(=O)NCCCC(F)(F)F. The molecular weight excluding hydrogens is 363 g/mol. The highest BCUT2D eigenvalue weighted by Gasteiger charge is 2.26. The summed E-state index contributed by atoms with van der Waals surface area (Å²) >= 11 is 0. The summed E-state index contributed by atoms with van der Waals surface area (Å²) < 4.78 is 47.2. The van der Waals surface area contributed by atoms with E-state index >= 15 is 0 Å². The lowest BCUT2D eigenvalue weighted by molar-refractivity contribution is -0.135. The molecule has 0 aromatic carbocycles. The van der Waals surface area contributed by atoms with Crippen molar-refractivity contribution in [1.29, 1.82) is 0 Å². The van der Waals surface area contributed by atoms with Gasteiger partial charge in [-0.2, -0.15) is 13.2 Å². The highest BCUT2D eigenvalue weighted by atomic mass is 19.4. The van der Waals surface area contributed by atoms with Crippen LogP contribution in [-0.4, -0.2) is 50.1 Å². The fourth-order valence-corrected chi connectivity index (χ4v) is 2.75. The summed E-state index contributed by atoms with van der Waals surface area (Å²) in [6.45, 7) is 8.36. The van der Waals surface area contributed by atoms with Gasteiger partial charge in [0.15, 0.2) is 5.75 Å². The number of hydrogen-bond acceptors (Lipinski definition) is 5. The number of nitrogens with zero attached hydrogens (tertiary/aromatic N) is 2. The van der Waals surface area contributed by atoms with Crippen LogP contribution < -0.4 is 15.0 Å². The Hall–Kier alpha value is -2.03. The molecule has 1 saturated heterocycles. The lowest BCUT2D eigenvalue weighted by atomic mass is 10.1. The van der Waals surface area contributed by atoms with Crippen LogP contribution in [0.15, 0.2) is 6.07 Å². The molecule has 27 heavy (non-hydrogen) atoms. The van der Waals surface area contributed by atoms with Gasteiger partial charge in [-0.15, -0.1) is 0 Å². The number of nitrogens with one attached hydrogen (secondary N) is 1. The summed E-state index contributed by atoms with van der Waals surface area (Å²) in [7, 11) is 0. The lowest BCUT2D eigenvalue weighted by Crippen LogP contribution is -2.37. The van der Waals surface area contributed by atoms with Gasteiger partial charge in [0.05, 0.1) is 18.9 Å². The predicted molar refractivity (Wildman–Crippen MR) is 95.4 cm³/mol. The molecule has 0 atom stereocenters. The van der Waals surface area contributed by atoms with Crippen LogP contribution in [-0.2, 0) is 4.74 Å². The predicted octanol–water partition coefficient (Wildman–Crippen LogP) is 3.78. The average molecular weight is 389 g/mol. The molecule has 0 radical (unpaired) electrons. The van der Waals surface area contributed by atoms with E-state index in [1.54, 1.807) is 0 Å². The smallest absolute Gasteiger partial charge is 0.408 e. The largest absolute Gasteiger partial charge is 0.412 e. The van der Waals surface area contributed by atoms with Gasteiger partial charge in [0.1, 0.15) is 5.82 Å². The molecule has 152 valence electrons. The van der Waals surface area contributed by atoms with Crippen molar-refractivity contribution in [2.75, 3.05) is 37.7 Å². The summed E-state index contributed by atoms with van der Waals surface area (Å²) in [6, 6.07) is 1.85. The maximum atomic E-state index is 12.1. The molecule has 0 saturated carbocycles. The van der Waals surface area contributed by atoms with E-state index < -0.39 is 18.7 Å². The molecule has 1 N–H and O–H groups in total. The number of rotatable bonds is 6. The van der Waals surface area contributed by atoms with Crippen molar-refractivity contribution >= 4 is 11.9 Å². The molecule has 1 aliphatic heterocycles. The Bertz CT molecular complexity index is 645. The van der Waals surface area contributed by atoms with Gasteiger partial charge >= 0.3 is 12.3 Å². The minimum Gasteiger partial charge on any atom is -0.408 e. The number of halogens is 3. The van der Waals surface area contributed by atoms with Gasteiger partial charge in [0.25, 0.3) is 0 Å². The third-order valence-electron chi connectivity index (χ3n) is 4.15. The molecule has 6 nitrogen and oxygen atoms in total. The quantitative estimate of drug-likeness (QED) is 0.750. The summed E-state index contributed by atoms with van der Waals surface area (Å²) in [5.74, 6) is 1.17. The lowest BCUT2D eigenvalue weighted by Gasteiger charge is -2.29. The maximum Gasteiger partial charge on any atom is 0.412 e. The van der Waals surface area contributed by atoms with Crippen molar-refractivity contribution in [3.05, 3.63) is 17.3 Å². The number of aromatic nitrogens is 1. The number of ether oxygens (including phenoxy) is 2. The molecule has 0 spiro atoms. The van der Waals surface area contributed by atoms with Gasteiger partial charge in [-0.25, -0.2) is 9.78 Å². The summed E-state index contributed by atoms with van der Waals surface area (Å²) in [4.78, 5) is 18.8. The zero-order chi connectivity index (χ0) is 20.0. The minimum atomic E-state index is -4.23. The fourth-order valence-electron chi connectivity index (χ4n) is 2.75. The highest BCUT2D eigenvalue weighted by Crippen LogP contribution is 2.32. The first kappa shape index (κ1) is 21.3. The van der Waals surface area contributed by atoms with Gasteiger partial charge in [-0.05, 0) is 30.9 Å². The van der Waals surface area contributed by atoms with Crippen molar-refractivity contribution in [3.63, 3.8) is 0 Å². The van der Waals surface area contributed by atoms with Gasteiger partial charge in [0.2, 0.25) is 0 Å². The summed E-state index contributed by atoms with van der Waals surface area (Å²) in [6.07, 6.45) is -6.14. The summed E-state index contributed by atoms with van der Waals surface area (Å²) in [5.41, 5.74) is 1.39. The zero-order valence-corrected chi connectivity index (χ0v) is 15.9. The number of alkyl halides is 3. The monoisotopic (exact) mass is 389 g/mol. The third kappa shape index (κ3) is 6.57. The van der Waals surface area contributed by atoms with Crippen molar-refractivity contribution in [1.82, 2.24) is 10.3 Å². The van der Waals surface area contributed by atoms with Crippen LogP contribution in [0.1, 0.15) is 43.9 Å². The molecule has 2 heterocycles. The molecule has 1 aromatic heterocycles. The Balaban J connectivity index is 2.05. The number of hydrogen-bond donors (Lipinski definition) is 1. The molecule has 9 heteroatoms. The van der Waals surface area contributed by atoms with Crippen molar-refractivity contribution < 1.29 is 27.4 Å². The number of aryl methyl sites for hydroxylation is 1. The third-order valence-corrected chi connectivity index (χ3v) is 4.15. The van der Waals surface area contributed by atoms with E-state index in [9.17, 15) is 18.0 Å². The van der Waals surface area contributed by atoms with Crippen LogP contribution in [0, 0.1) is 6.92 Å². The normalized spacial score (nSPS) is 15.1. The summed E-state index contributed by atoms with van der Waals surface area (Å²) in [5, 5.41) is 2.36. The van der Waals surface area contributed by atoms with Crippen molar-refractivity contribution in [2.45, 2.75) is 45.7 Å². The molecule has 0 aliphatic carbocycles. The average Bonchev–Trinajstić information content (AvgIpc) is 2.60. The molecule has 0 bridgehead atoms. The van der Waals surface area contributed by atoms with Crippen molar-refractivity contribution in [2.24, 2.45) is 0 Å². The molecule has 1 aliphatic rings.